The minimum Gasteiger partial charge on any atom is -0.493 e. The van der Waals surface area contributed by atoms with Gasteiger partial charge in [-0.05, 0) is 38.4 Å². The summed E-state index contributed by atoms with van der Waals surface area (Å²) in [6, 6.07) is 7.56. The molecule has 0 saturated carbocycles. The molecule has 0 amide bonds. The molecule has 3 aromatic rings. The number of hydrogen-bond acceptors (Lipinski definition) is 6. The molecule has 7 heteroatoms. The maximum atomic E-state index is 5.95. The molecule has 0 N–H and O–H groups in total. The zero-order valence-electron chi connectivity index (χ0n) is 17.2. The van der Waals surface area contributed by atoms with E-state index >= 15 is 0 Å². The van der Waals surface area contributed by atoms with Gasteiger partial charge < -0.3 is 9.47 Å². The number of aromatic nitrogens is 4. The Kier molecular flexibility index (Phi) is 5.76. The fourth-order valence-corrected chi connectivity index (χ4v) is 3.80. The third kappa shape index (κ3) is 4.40. The van der Waals surface area contributed by atoms with Gasteiger partial charge in [0.25, 0.3) is 0 Å². The first kappa shape index (κ1) is 19.4. The third-order valence-electron chi connectivity index (χ3n) is 5.57. The summed E-state index contributed by atoms with van der Waals surface area (Å²) in [5.41, 5.74) is 3.48. The van der Waals surface area contributed by atoms with Crippen molar-refractivity contribution in [1.29, 1.82) is 0 Å². The van der Waals surface area contributed by atoms with Gasteiger partial charge in [-0.2, -0.15) is 5.10 Å². The molecule has 1 aromatic carbocycles. The van der Waals surface area contributed by atoms with Crippen LogP contribution in [-0.4, -0.2) is 44.8 Å². The molecular weight excluding hydrogens is 366 g/mol. The van der Waals surface area contributed by atoms with E-state index in [1.54, 1.807) is 13.3 Å². The molecule has 0 spiro atoms. The van der Waals surface area contributed by atoms with Crippen LogP contribution in [0.5, 0.6) is 17.4 Å². The van der Waals surface area contributed by atoms with Crippen molar-refractivity contribution < 1.29 is 9.47 Å². The number of methoxy groups -OCH3 is 1. The van der Waals surface area contributed by atoms with Crippen LogP contribution >= 0.6 is 0 Å². The number of nitrogens with zero attached hydrogens (tertiary/aromatic N) is 5. The van der Waals surface area contributed by atoms with Crippen molar-refractivity contribution in [3.05, 3.63) is 59.8 Å². The van der Waals surface area contributed by atoms with E-state index in [9.17, 15) is 0 Å². The first-order valence-electron chi connectivity index (χ1n) is 9.96. The molecular formula is C22H27N5O2. The summed E-state index contributed by atoms with van der Waals surface area (Å²) in [4.78, 5) is 11.6. The van der Waals surface area contributed by atoms with Crippen molar-refractivity contribution in [1.82, 2.24) is 24.6 Å². The molecule has 152 valence electrons. The number of ether oxygens (including phenoxy) is 2. The smallest absolute Gasteiger partial charge is 0.238 e. The van der Waals surface area contributed by atoms with Gasteiger partial charge in [0.05, 0.1) is 25.2 Å². The molecule has 7 nitrogen and oxygen atoms in total. The van der Waals surface area contributed by atoms with Crippen molar-refractivity contribution in [3.8, 4) is 17.4 Å². The Morgan fingerprint density at radius 2 is 1.97 bits per heavy atom. The highest BCUT2D eigenvalue weighted by Crippen LogP contribution is 2.31. The molecule has 1 atom stereocenters. The number of hydrogen-bond donors (Lipinski definition) is 0. The van der Waals surface area contributed by atoms with E-state index in [0.717, 1.165) is 38.2 Å². The molecule has 0 radical (unpaired) electrons. The monoisotopic (exact) mass is 393 g/mol. The fraction of sp³-hybridized carbons (Fsp3) is 0.409. The van der Waals surface area contributed by atoms with Crippen LogP contribution < -0.4 is 9.47 Å². The lowest BCUT2D eigenvalue weighted by Crippen LogP contribution is -2.34. The van der Waals surface area contributed by atoms with Crippen molar-refractivity contribution in [2.24, 2.45) is 7.05 Å². The second-order valence-electron chi connectivity index (χ2n) is 7.49. The van der Waals surface area contributed by atoms with Crippen LogP contribution in [0.4, 0.5) is 0 Å². The van der Waals surface area contributed by atoms with E-state index in [2.05, 4.69) is 21.9 Å². The fourth-order valence-electron chi connectivity index (χ4n) is 3.80. The summed E-state index contributed by atoms with van der Waals surface area (Å²) in [6.07, 6.45) is 7.73. The summed E-state index contributed by atoms with van der Waals surface area (Å²) in [7, 11) is 3.62. The molecule has 1 aliphatic rings. The van der Waals surface area contributed by atoms with Gasteiger partial charge in [0.1, 0.15) is 0 Å². The Balaban J connectivity index is 1.46. The quantitative estimate of drug-likeness (QED) is 0.636. The summed E-state index contributed by atoms with van der Waals surface area (Å²) < 4.78 is 13.2. The first-order chi connectivity index (χ1) is 14.1. The van der Waals surface area contributed by atoms with Crippen LogP contribution in [-0.2, 0) is 13.6 Å². The van der Waals surface area contributed by atoms with Gasteiger partial charge in [-0.25, -0.2) is 4.98 Å². The van der Waals surface area contributed by atoms with Gasteiger partial charge in [0, 0.05) is 43.5 Å². The number of aryl methyl sites for hydroxylation is 1. The molecule has 1 fully saturated rings. The van der Waals surface area contributed by atoms with Crippen molar-refractivity contribution >= 4 is 0 Å². The molecule has 0 aliphatic carbocycles. The Labute approximate surface area is 171 Å². The molecule has 29 heavy (non-hydrogen) atoms. The van der Waals surface area contributed by atoms with E-state index in [-0.39, 0.29) is 0 Å². The van der Waals surface area contributed by atoms with Crippen LogP contribution in [0.3, 0.4) is 0 Å². The normalized spacial score (nSPS) is 17.3. The highest BCUT2D eigenvalue weighted by atomic mass is 16.5. The Bertz CT molecular complexity index is 971. The molecule has 1 saturated heterocycles. The van der Waals surface area contributed by atoms with Crippen LogP contribution in [0.1, 0.15) is 35.7 Å². The number of likely N-dealkylation sites (tertiary alicyclic amines) is 1. The topological polar surface area (TPSA) is 65.3 Å². The number of rotatable bonds is 6. The average Bonchev–Trinajstić information content (AvgIpc) is 3.07. The largest absolute Gasteiger partial charge is 0.493 e. The second-order valence-corrected chi connectivity index (χ2v) is 7.49. The lowest BCUT2D eigenvalue weighted by molar-refractivity contribution is 0.197. The van der Waals surface area contributed by atoms with Gasteiger partial charge >= 0.3 is 0 Å². The molecule has 4 rings (SSSR count). The second kappa shape index (κ2) is 8.61. The Hall–Kier alpha value is -2.93. The summed E-state index contributed by atoms with van der Waals surface area (Å²) in [5.74, 6) is 2.15. The third-order valence-corrected chi connectivity index (χ3v) is 5.57. The van der Waals surface area contributed by atoms with Gasteiger partial charge in [0.15, 0.2) is 11.5 Å². The van der Waals surface area contributed by atoms with Crippen molar-refractivity contribution in [2.75, 3.05) is 20.2 Å². The molecule has 1 aliphatic heterocycles. The average molecular weight is 393 g/mol. The van der Waals surface area contributed by atoms with Gasteiger partial charge in [-0.3, -0.25) is 14.6 Å². The lowest BCUT2D eigenvalue weighted by Gasteiger charge is -2.32. The molecule has 3 heterocycles. The molecule has 2 aromatic heterocycles. The zero-order chi connectivity index (χ0) is 20.2. The molecule has 0 bridgehead atoms. The highest BCUT2D eigenvalue weighted by Gasteiger charge is 2.24. The number of piperidine rings is 1. The number of para-hydroxylation sites is 2. The van der Waals surface area contributed by atoms with Crippen molar-refractivity contribution in [2.45, 2.75) is 32.2 Å². The summed E-state index contributed by atoms with van der Waals surface area (Å²) in [5, 5.41) is 4.37. The maximum absolute atomic E-state index is 5.95. The zero-order valence-corrected chi connectivity index (χ0v) is 17.2. The van der Waals surface area contributed by atoms with Gasteiger partial charge in [0.2, 0.25) is 5.88 Å². The van der Waals surface area contributed by atoms with Crippen LogP contribution in [0, 0.1) is 6.92 Å². The minimum atomic E-state index is 0.342. The van der Waals surface area contributed by atoms with E-state index in [1.165, 1.54) is 11.3 Å². The van der Waals surface area contributed by atoms with E-state index in [1.807, 2.05) is 48.4 Å². The Morgan fingerprint density at radius 1 is 1.14 bits per heavy atom. The van der Waals surface area contributed by atoms with Crippen molar-refractivity contribution in [3.63, 3.8) is 0 Å². The maximum Gasteiger partial charge on any atom is 0.238 e. The summed E-state index contributed by atoms with van der Waals surface area (Å²) in [6.45, 7) is 5.09. The van der Waals surface area contributed by atoms with E-state index in [0.29, 0.717) is 23.3 Å². The van der Waals surface area contributed by atoms with E-state index < -0.39 is 0 Å². The first-order valence-corrected chi connectivity index (χ1v) is 9.96. The Morgan fingerprint density at radius 3 is 2.72 bits per heavy atom. The van der Waals surface area contributed by atoms with Crippen LogP contribution in [0.2, 0.25) is 0 Å². The van der Waals surface area contributed by atoms with Crippen LogP contribution in [0.25, 0.3) is 0 Å². The predicted octanol–water partition coefficient (Wildman–Crippen LogP) is 3.70. The van der Waals surface area contributed by atoms with E-state index in [4.69, 9.17) is 14.5 Å². The predicted molar refractivity (Wildman–Crippen MR) is 110 cm³/mol. The molecule has 1 unspecified atom stereocenters. The summed E-state index contributed by atoms with van der Waals surface area (Å²) >= 11 is 0. The van der Waals surface area contributed by atoms with Gasteiger partial charge in [-0.1, -0.05) is 12.1 Å². The van der Waals surface area contributed by atoms with Gasteiger partial charge in [-0.15, -0.1) is 0 Å². The lowest BCUT2D eigenvalue weighted by atomic mass is 9.94. The highest BCUT2D eigenvalue weighted by molar-refractivity contribution is 5.41. The SMILES string of the molecule is COc1ccccc1Oc1cncc(C2CCCN(Cc3cnn(C)c3C)C2)n1. The minimum absolute atomic E-state index is 0.342. The standard InChI is InChI=1S/C22H27N5O2/c1-16-18(11-24-26(16)2)15-27-10-6-7-17(14-27)19-12-23-13-22(25-19)29-21-9-5-4-8-20(21)28-3/h4-5,8-9,11-13,17H,6-7,10,14-15H2,1-3H3. The number of benzene rings is 1. The van der Waals surface area contributed by atoms with Crippen LogP contribution in [0.15, 0.2) is 42.9 Å².